The summed E-state index contributed by atoms with van der Waals surface area (Å²) in [7, 11) is 0. The Morgan fingerprint density at radius 3 is 2.43 bits per heavy atom. The standard InChI is InChI=1S/C13H29N4O4/c1-5-16(13(2,3)4)17(20)14-21-11-6-8-15(9-7-11)12(19)10-18/h11-12,18-19H,5-10H2,1-4H3,(H,14,20)/q+1. The number of nitroso groups, excluding NO2 is 1. The van der Waals surface area contributed by atoms with Gasteiger partial charge in [0, 0.05) is 18.7 Å². The maximum Gasteiger partial charge on any atom is 0.275 e. The summed E-state index contributed by atoms with van der Waals surface area (Å²) in [5.74, 6) is 0. The van der Waals surface area contributed by atoms with Crippen LogP contribution >= 0.6 is 0 Å². The summed E-state index contributed by atoms with van der Waals surface area (Å²) in [6.07, 6.45) is 0.493. The molecule has 0 aliphatic carbocycles. The van der Waals surface area contributed by atoms with Crippen molar-refractivity contribution in [2.75, 3.05) is 26.2 Å². The molecule has 0 aromatic rings. The van der Waals surface area contributed by atoms with Gasteiger partial charge in [0.2, 0.25) is 0 Å². The van der Waals surface area contributed by atoms with Crippen LogP contribution in [0.5, 0.6) is 0 Å². The number of piperidine rings is 1. The number of likely N-dealkylation sites (tertiary alicyclic amines) is 1. The average Bonchev–Trinajstić information content (AvgIpc) is 2.44. The van der Waals surface area contributed by atoms with E-state index in [2.05, 4.69) is 5.59 Å². The second-order valence-corrected chi connectivity index (χ2v) is 6.27. The zero-order valence-electron chi connectivity index (χ0n) is 13.4. The lowest BCUT2D eigenvalue weighted by atomic mass is 10.1. The zero-order valence-corrected chi connectivity index (χ0v) is 13.4. The summed E-state index contributed by atoms with van der Waals surface area (Å²) < 4.78 is 0. The van der Waals surface area contributed by atoms with Gasteiger partial charge in [-0.05, 0) is 40.5 Å². The molecule has 0 spiro atoms. The molecule has 1 saturated heterocycles. The van der Waals surface area contributed by atoms with Crippen molar-refractivity contribution in [2.24, 2.45) is 0 Å². The number of nitrogens with zero attached hydrogens (tertiary/aromatic N) is 3. The van der Waals surface area contributed by atoms with Gasteiger partial charge < -0.3 is 10.2 Å². The van der Waals surface area contributed by atoms with Crippen molar-refractivity contribution in [2.45, 2.75) is 58.4 Å². The lowest BCUT2D eigenvalue weighted by Gasteiger charge is -2.33. The molecule has 1 heterocycles. The molecule has 8 nitrogen and oxygen atoms in total. The van der Waals surface area contributed by atoms with Crippen molar-refractivity contribution < 1.29 is 20.0 Å². The van der Waals surface area contributed by atoms with Crippen molar-refractivity contribution in [1.82, 2.24) is 15.5 Å². The van der Waals surface area contributed by atoms with E-state index in [0.29, 0.717) is 37.5 Å². The molecule has 8 heteroatoms. The van der Waals surface area contributed by atoms with Crippen molar-refractivity contribution in [3.8, 4) is 0 Å². The van der Waals surface area contributed by atoms with Crippen LogP contribution in [0.15, 0.2) is 0 Å². The summed E-state index contributed by atoms with van der Waals surface area (Å²) in [5, 5.41) is 20.1. The van der Waals surface area contributed by atoms with Gasteiger partial charge in [0.05, 0.1) is 29.7 Å². The Hall–Kier alpha value is -0.960. The predicted molar refractivity (Wildman–Crippen MR) is 77.7 cm³/mol. The van der Waals surface area contributed by atoms with Crippen molar-refractivity contribution >= 4 is 0 Å². The van der Waals surface area contributed by atoms with Gasteiger partial charge in [0.15, 0.2) is 0 Å². The minimum absolute atomic E-state index is 0.0812. The first-order valence-corrected chi connectivity index (χ1v) is 7.48. The fourth-order valence-electron chi connectivity index (χ4n) is 2.45. The maximum atomic E-state index is 12.0. The molecule has 1 atom stereocenters. The average molecular weight is 305 g/mol. The third kappa shape index (κ3) is 5.39. The Morgan fingerprint density at radius 1 is 1.43 bits per heavy atom. The van der Waals surface area contributed by atoms with Gasteiger partial charge in [0.25, 0.3) is 4.98 Å². The van der Waals surface area contributed by atoms with Crippen LogP contribution in [0.2, 0.25) is 0 Å². The minimum Gasteiger partial charge on any atom is -0.392 e. The van der Waals surface area contributed by atoms with E-state index in [1.807, 2.05) is 27.7 Å². The summed E-state index contributed by atoms with van der Waals surface area (Å²) in [6.45, 7) is 9.34. The van der Waals surface area contributed by atoms with E-state index in [0.717, 1.165) is 0 Å². The van der Waals surface area contributed by atoms with Crippen LogP contribution in [-0.4, -0.2) is 69.2 Å². The number of nitrogens with one attached hydrogen (secondary N) is 1. The van der Waals surface area contributed by atoms with Gasteiger partial charge in [-0.3, -0.25) is 4.90 Å². The van der Waals surface area contributed by atoms with Crippen molar-refractivity contribution in [1.29, 1.82) is 0 Å². The lowest BCUT2D eigenvalue weighted by molar-refractivity contribution is -0.801. The van der Waals surface area contributed by atoms with Crippen LogP contribution in [0, 0.1) is 4.91 Å². The normalized spacial score (nSPS) is 19.3. The highest BCUT2D eigenvalue weighted by atomic mass is 16.7. The van der Waals surface area contributed by atoms with Crippen LogP contribution < -0.4 is 5.59 Å². The fraction of sp³-hybridized carbons (Fsp3) is 1.00. The second-order valence-electron chi connectivity index (χ2n) is 6.27. The van der Waals surface area contributed by atoms with E-state index in [4.69, 9.17) is 9.94 Å². The number of aliphatic hydroxyl groups is 2. The molecule has 1 fully saturated rings. The van der Waals surface area contributed by atoms with E-state index >= 15 is 0 Å². The predicted octanol–water partition coefficient (Wildman–Crippen LogP) is 0.0120. The van der Waals surface area contributed by atoms with Crippen LogP contribution in [0.4, 0.5) is 0 Å². The summed E-state index contributed by atoms with van der Waals surface area (Å²) in [6, 6.07) is 0. The van der Waals surface area contributed by atoms with E-state index in [-0.39, 0.29) is 18.2 Å². The molecule has 3 N–H and O–H groups in total. The quantitative estimate of drug-likeness (QED) is 0.451. The number of hydrazine groups is 2. The largest absolute Gasteiger partial charge is 0.392 e. The highest BCUT2D eigenvalue weighted by Gasteiger charge is 2.33. The van der Waals surface area contributed by atoms with Gasteiger partial charge in [-0.15, -0.1) is 5.01 Å². The Bertz CT molecular complexity index is 327. The topological polar surface area (TPSA) is 88.3 Å². The molecule has 0 saturated carbocycles. The lowest BCUT2D eigenvalue weighted by Crippen LogP contribution is -2.53. The minimum atomic E-state index is -0.814. The van der Waals surface area contributed by atoms with E-state index in [1.165, 1.54) is 0 Å². The highest BCUT2D eigenvalue weighted by Crippen LogP contribution is 2.15. The molecule has 1 aliphatic rings. The van der Waals surface area contributed by atoms with Crippen molar-refractivity contribution in [3.05, 3.63) is 4.91 Å². The third-order valence-electron chi connectivity index (χ3n) is 3.65. The molecule has 1 unspecified atom stereocenters. The monoisotopic (exact) mass is 305 g/mol. The Labute approximate surface area is 126 Å². The maximum absolute atomic E-state index is 12.0. The summed E-state index contributed by atoms with van der Waals surface area (Å²) in [4.78, 5) is 19.9. The van der Waals surface area contributed by atoms with Gasteiger partial charge >= 0.3 is 0 Å². The number of rotatable bonds is 7. The number of hydrogen-bond acceptors (Lipinski definition) is 5. The summed E-state index contributed by atoms with van der Waals surface area (Å²) >= 11 is 0. The van der Waals surface area contributed by atoms with Crippen LogP contribution in [-0.2, 0) is 4.84 Å². The van der Waals surface area contributed by atoms with E-state index in [9.17, 15) is 10.0 Å². The molecule has 124 valence electrons. The van der Waals surface area contributed by atoms with Crippen LogP contribution in [0.1, 0.15) is 40.5 Å². The van der Waals surface area contributed by atoms with E-state index in [1.54, 1.807) is 9.91 Å². The Morgan fingerprint density at radius 2 is 2.00 bits per heavy atom. The van der Waals surface area contributed by atoms with Gasteiger partial charge in [-0.2, -0.15) is 0 Å². The molecule has 0 amide bonds. The zero-order chi connectivity index (χ0) is 16.0. The van der Waals surface area contributed by atoms with Gasteiger partial charge in [-0.25, -0.2) is 4.84 Å². The summed E-state index contributed by atoms with van der Waals surface area (Å²) in [5.41, 5.74) is 2.15. The van der Waals surface area contributed by atoms with Gasteiger partial charge in [0.1, 0.15) is 6.23 Å². The first-order valence-electron chi connectivity index (χ1n) is 7.48. The smallest absolute Gasteiger partial charge is 0.275 e. The molecule has 0 aromatic heterocycles. The second kappa shape index (κ2) is 7.88. The molecule has 0 bridgehead atoms. The SMILES string of the molecule is CCN([N+](=O)NOC1CCN(C(O)CO)CC1)C(C)(C)C. The first kappa shape index (κ1) is 18.1. The third-order valence-corrected chi connectivity index (χ3v) is 3.65. The molecule has 1 aliphatic heterocycles. The van der Waals surface area contributed by atoms with E-state index < -0.39 is 6.23 Å². The van der Waals surface area contributed by atoms with Gasteiger partial charge in [-0.1, -0.05) is 0 Å². The molecule has 0 aromatic carbocycles. The van der Waals surface area contributed by atoms with Crippen LogP contribution in [0.25, 0.3) is 0 Å². The molecule has 1 rings (SSSR count). The Kier molecular flexibility index (Phi) is 6.79. The van der Waals surface area contributed by atoms with Crippen LogP contribution in [0.3, 0.4) is 0 Å². The first-order chi connectivity index (χ1) is 9.79. The Balaban J connectivity index is 2.35. The number of aliphatic hydroxyl groups excluding tert-OH is 2. The molecular formula is C13H29N4O4+. The number of hydrogen-bond donors (Lipinski definition) is 3. The molecule has 21 heavy (non-hydrogen) atoms. The highest BCUT2D eigenvalue weighted by molar-refractivity contribution is 4.73. The fourth-order valence-corrected chi connectivity index (χ4v) is 2.45. The molecular weight excluding hydrogens is 276 g/mol. The molecule has 0 radical (unpaired) electrons. The van der Waals surface area contributed by atoms with Crippen molar-refractivity contribution in [3.63, 3.8) is 0 Å².